The van der Waals surface area contributed by atoms with Crippen LogP contribution in [0.15, 0.2) is 50.5 Å². The van der Waals surface area contributed by atoms with Gasteiger partial charge < -0.3 is 9.64 Å². The molecule has 1 aromatic carbocycles. The van der Waals surface area contributed by atoms with Gasteiger partial charge in [0.05, 0.1) is 12.2 Å². The SMILES string of the molecule is O=C(c1ccccc1Br)N1CCC2(CC1)OCCN2S(=O)(=O)c1cccs1. The average molecular weight is 471 g/mol. The molecule has 144 valence electrons. The molecule has 2 aliphatic heterocycles. The van der Waals surface area contributed by atoms with E-state index in [1.54, 1.807) is 28.5 Å². The zero-order chi connectivity index (χ0) is 19.1. The van der Waals surface area contributed by atoms with Crippen LogP contribution in [-0.2, 0) is 14.8 Å². The van der Waals surface area contributed by atoms with Crippen molar-refractivity contribution >= 4 is 43.2 Å². The van der Waals surface area contributed by atoms with Crippen LogP contribution in [0.4, 0.5) is 0 Å². The molecular formula is C18H19BrN2O4S2. The first-order valence-electron chi connectivity index (χ1n) is 8.68. The molecule has 3 heterocycles. The lowest BCUT2D eigenvalue weighted by molar-refractivity contribution is -0.0856. The van der Waals surface area contributed by atoms with E-state index in [4.69, 9.17) is 4.74 Å². The van der Waals surface area contributed by atoms with Crippen LogP contribution in [0.1, 0.15) is 23.2 Å². The van der Waals surface area contributed by atoms with Gasteiger partial charge in [-0.2, -0.15) is 4.31 Å². The molecule has 0 aliphatic carbocycles. The number of thiophene rings is 1. The summed E-state index contributed by atoms with van der Waals surface area (Å²) >= 11 is 4.64. The molecule has 0 saturated carbocycles. The highest BCUT2D eigenvalue weighted by atomic mass is 79.9. The molecule has 1 spiro atoms. The number of piperidine rings is 1. The van der Waals surface area contributed by atoms with Crippen LogP contribution in [0.2, 0.25) is 0 Å². The molecule has 1 aromatic heterocycles. The second kappa shape index (κ2) is 7.29. The topological polar surface area (TPSA) is 66.9 Å². The van der Waals surface area contributed by atoms with Crippen molar-refractivity contribution in [2.45, 2.75) is 22.8 Å². The summed E-state index contributed by atoms with van der Waals surface area (Å²) in [5, 5.41) is 1.76. The summed E-state index contributed by atoms with van der Waals surface area (Å²) in [6, 6.07) is 10.7. The third kappa shape index (κ3) is 3.36. The van der Waals surface area contributed by atoms with Crippen LogP contribution in [0.3, 0.4) is 0 Å². The highest BCUT2D eigenvalue weighted by Crippen LogP contribution is 2.39. The van der Waals surface area contributed by atoms with E-state index >= 15 is 0 Å². The predicted molar refractivity (Wildman–Crippen MR) is 106 cm³/mol. The number of benzene rings is 1. The molecule has 27 heavy (non-hydrogen) atoms. The molecule has 2 aliphatic rings. The Morgan fingerprint density at radius 2 is 1.85 bits per heavy atom. The van der Waals surface area contributed by atoms with Crippen molar-refractivity contribution in [3.05, 3.63) is 51.8 Å². The molecule has 0 atom stereocenters. The Balaban J connectivity index is 1.52. The van der Waals surface area contributed by atoms with Gasteiger partial charge in [-0.25, -0.2) is 8.42 Å². The van der Waals surface area contributed by atoms with Crippen LogP contribution < -0.4 is 0 Å². The highest BCUT2D eigenvalue weighted by Gasteiger charge is 2.51. The van der Waals surface area contributed by atoms with E-state index < -0.39 is 15.7 Å². The number of ether oxygens (including phenoxy) is 1. The number of sulfonamides is 1. The van der Waals surface area contributed by atoms with E-state index in [1.807, 2.05) is 18.2 Å². The first-order valence-corrected chi connectivity index (χ1v) is 11.8. The molecule has 0 bridgehead atoms. The van der Waals surface area contributed by atoms with Crippen molar-refractivity contribution in [1.29, 1.82) is 0 Å². The van der Waals surface area contributed by atoms with E-state index in [1.165, 1.54) is 15.6 Å². The van der Waals surface area contributed by atoms with Gasteiger partial charge in [0.1, 0.15) is 9.93 Å². The number of carbonyl (C=O) groups is 1. The maximum atomic E-state index is 13.0. The van der Waals surface area contributed by atoms with Crippen molar-refractivity contribution in [1.82, 2.24) is 9.21 Å². The largest absolute Gasteiger partial charge is 0.358 e. The average Bonchev–Trinajstić information content (AvgIpc) is 3.33. The number of nitrogens with zero attached hydrogens (tertiary/aromatic N) is 2. The zero-order valence-electron chi connectivity index (χ0n) is 14.5. The molecule has 2 aromatic rings. The molecule has 4 rings (SSSR count). The molecule has 2 fully saturated rings. The van der Waals surface area contributed by atoms with E-state index in [0.29, 0.717) is 48.9 Å². The zero-order valence-corrected chi connectivity index (χ0v) is 17.7. The number of amides is 1. The van der Waals surface area contributed by atoms with E-state index in [0.717, 1.165) is 4.47 Å². The summed E-state index contributed by atoms with van der Waals surface area (Å²) in [5.41, 5.74) is -0.239. The second-order valence-electron chi connectivity index (χ2n) is 6.58. The predicted octanol–water partition coefficient (Wildman–Crippen LogP) is 3.16. The third-order valence-electron chi connectivity index (χ3n) is 5.10. The van der Waals surface area contributed by atoms with Crippen molar-refractivity contribution in [2.24, 2.45) is 0 Å². The van der Waals surface area contributed by atoms with Crippen LogP contribution in [0, 0.1) is 0 Å². The molecule has 2 saturated heterocycles. The quantitative estimate of drug-likeness (QED) is 0.690. The Morgan fingerprint density at radius 1 is 1.11 bits per heavy atom. The number of hydrogen-bond donors (Lipinski definition) is 0. The van der Waals surface area contributed by atoms with Crippen LogP contribution in [0.5, 0.6) is 0 Å². The summed E-state index contributed by atoms with van der Waals surface area (Å²) < 4.78 is 34.6. The summed E-state index contributed by atoms with van der Waals surface area (Å²) in [5.74, 6) is -0.0528. The molecule has 0 unspecified atom stereocenters. The van der Waals surface area contributed by atoms with Gasteiger partial charge in [-0.3, -0.25) is 4.79 Å². The minimum absolute atomic E-state index is 0.0528. The molecule has 6 nitrogen and oxygen atoms in total. The smallest absolute Gasteiger partial charge is 0.255 e. The standard InChI is InChI=1S/C18H19BrN2O4S2/c19-15-5-2-1-4-14(15)17(22)20-9-7-18(8-10-20)21(11-12-25-18)27(23,24)16-6-3-13-26-16/h1-6,13H,7-12H2. The maximum Gasteiger partial charge on any atom is 0.255 e. The second-order valence-corrected chi connectivity index (χ2v) is 10.5. The lowest BCUT2D eigenvalue weighted by Crippen LogP contribution is -2.55. The number of hydrogen-bond acceptors (Lipinski definition) is 5. The lowest BCUT2D eigenvalue weighted by Gasteiger charge is -2.42. The minimum atomic E-state index is -3.58. The van der Waals surface area contributed by atoms with Gasteiger partial charge in [-0.05, 0) is 39.5 Å². The number of halogens is 1. The summed E-state index contributed by atoms with van der Waals surface area (Å²) in [7, 11) is -3.58. The lowest BCUT2D eigenvalue weighted by atomic mass is 10.00. The normalized spacial score (nSPS) is 20.3. The van der Waals surface area contributed by atoms with Crippen LogP contribution >= 0.6 is 27.3 Å². The van der Waals surface area contributed by atoms with Gasteiger partial charge in [-0.15, -0.1) is 11.3 Å². The van der Waals surface area contributed by atoms with Gasteiger partial charge in [0.2, 0.25) is 0 Å². The van der Waals surface area contributed by atoms with E-state index in [9.17, 15) is 13.2 Å². The van der Waals surface area contributed by atoms with E-state index in [-0.39, 0.29) is 5.91 Å². The van der Waals surface area contributed by atoms with Crippen LogP contribution in [-0.4, -0.2) is 55.5 Å². The van der Waals surface area contributed by atoms with Gasteiger partial charge >= 0.3 is 0 Å². The number of carbonyl (C=O) groups excluding carboxylic acids is 1. The fourth-order valence-electron chi connectivity index (χ4n) is 3.71. The van der Waals surface area contributed by atoms with E-state index in [2.05, 4.69) is 15.9 Å². The molecule has 0 N–H and O–H groups in total. The van der Waals surface area contributed by atoms with Crippen molar-refractivity contribution in [2.75, 3.05) is 26.2 Å². The van der Waals surface area contributed by atoms with Gasteiger partial charge in [0.15, 0.2) is 0 Å². The van der Waals surface area contributed by atoms with Gasteiger partial charge in [-0.1, -0.05) is 18.2 Å². The minimum Gasteiger partial charge on any atom is -0.358 e. The Kier molecular flexibility index (Phi) is 5.15. The Labute approximate surface area is 170 Å². The number of likely N-dealkylation sites (tertiary alicyclic amines) is 1. The van der Waals surface area contributed by atoms with Crippen LogP contribution in [0.25, 0.3) is 0 Å². The molecular weight excluding hydrogens is 452 g/mol. The molecule has 9 heteroatoms. The third-order valence-corrected chi connectivity index (χ3v) is 9.11. The Morgan fingerprint density at radius 3 is 2.52 bits per heavy atom. The summed E-state index contributed by atoms with van der Waals surface area (Å²) in [6.45, 7) is 1.63. The molecule has 1 amide bonds. The maximum absolute atomic E-state index is 13.0. The first kappa shape index (κ1) is 19.1. The fraction of sp³-hybridized carbons (Fsp3) is 0.389. The first-order chi connectivity index (χ1) is 12.9. The van der Waals surface area contributed by atoms with Gasteiger partial charge in [0.25, 0.3) is 15.9 Å². The van der Waals surface area contributed by atoms with Crippen molar-refractivity contribution in [3.8, 4) is 0 Å². The summed E-state index contributed by atoms with van der Waals surface area (Å²) in [6.07, 6.45) is 0.932. The Bertz CT molecular complexity index is 938. The fourth-order valence-corrected chi connectivity index (χ4v) is 6.99. The highest BCUT2D eigenvalue weighted by molar-refractivity contribution is 9.10. The molecule has 0 radical (unpaired) electrons. The van der Waals surface area contributed by atoms with Crippen molar-refractivity contribution in [3.63, 3.8) is 0 Å². The van der Waals surface area contributed by atoms with Crippen molar-refractivity contribution < 1.29 is 17.9 Å². The monoisotopic (exact) mass is 470 g/mol. The Hall–Kier alpha value is -1.26. The van der Waals surface area contributed by atoms with Gasteiger partial charge in [0, 0.05) is 36.9 Å². The number of rotatable bonds is 3. The summed E-state index contributed by atoms with van der Waals surface area (Å²) in [4.78, 5) is 14.6.